The number of H-pyrrole nitrogens is 1. The van der Waals surface area contributed by atoms with E-state index in [0.717, 1.165) is 35.5 Å². The van der Waals surface area contributed by atoms with Gasteiger partial charge in [-0.3, -0.25) is 15.2 Å². The maximum atomic E-state index is 12.2. The maximum absolute atomic E-state index is 12.2. The summed E-state index contributed by atoms with van der Waals surface area (Å²) in [4.78, 5) is 17.5. The number of amides is 1. The van der Waals surface area contributed by atoms with Crippen LogP contribution >= 0.6 is 23.7 Å². The van der Waals surface area contributed by atoms with Gasteiger partial charge in [0, 0.05) is 41.8 Å². The van der Waals surface area contributed by atoms with Crippen molar-refractivity contribution in [3.8, 4) is 0 Å². The topological polar surface area (TPSA) is 82.7 Å². The molecule has 0 fully saturated rings. The molecule has 0 aromatic carbocycles. The predicted molar refractivity (Wildman–Crippen MR) is 80.7 cm³/mol. The van der Waals surface area contributed by atoms with E-state index in [1.807, 2.05) is 0 Å². The van der Waals surface area contributed by atoms with Crippen LogP contribution in [0.15, 0.2) is 6.20 Å². The molecule has 8 heteroatoms. The van der Waals surface area contributed by atoms with Crippen LogP contribution in [0.4, 0.5) is 5.13 Å². The molecule has 0 aliphatic carbocycles. The highest BCUT2D eigenvalue weighted by Gasteiger charge is 2.22. The van der Waals surface area contributed by atoms with Crippen LogP contribution in [0.1, 0.15) is 33.5 Å². The second kappa shape index (κ2) is 6.34. The molecular weight excluding hydrogens is 298 g/mol. The Morgan fingerprint density at radius 3 is 3.15 bits per heavy atom. The van der Waals surface area contributed by atoms with Crippen molar-refractivity contribution in [1.29, 1.82) is 0 Å². The molecule has 3 rings (SSSR count). The fraction of sp³-hybridized carbons (Fsp3) is 0.417. The molecule has 0 atom stereocenters. The minimum absolute atomic E-state index is 0. The van der Waals surface area contributed by atoms with Gasteiger partial charge in [0.05, 0.1) is 0 Å². The molecular formula is C12H16ClN5OS. The first-order chi connectivity index (χ1) is 9.28. The molecule has 2 aromatic rings. The zero-order chi connectivity index (χ0) is 13.2. The summed E-state index contributed by atoms with van der Waals surface area (Å²) >= 11 is 1.50. The van der Waals surface area contributed by atoms with Gasteiger partial charge < -0.3 is 5.32 Å². The lowest BCUT2D eigenvalue weighted by atomic mass is 10.1. The number of hydrogen-bond donors (Lipinski definition) is 3. The minimum Gasteiger partial charge on any atom is -0.312 e. The summed E-state index contributed by atoms with van der Waals surface area (Å²) < 4.78 is 0. The zero-order valence-corrected chi connectivity index (χ0v) is 12.7. The molecule has 3 heterocycles. The van der Waals surface area contributed by atoms with Crippen LogP contribution in [-0.2, 0) is 19.4 Å². The summed E-state index contributed by atoms with van der Waals surface area (Å²) in [5, 5.41) is 13.7. The lowest BCUT2D eigenvalue weighted by Crippen LogP contribution is -2.25. The smallest absolute Gasteiger partial charge is 0.278 e. The summed E-state index contributed by atoms with van der Waals surface area (Å²) in [6, 6.07) is 0. The highest BCUT2D eigenvalue weighted by atomic mass is 35.5. The SMILES string of the molecule is CCc1cnc(NC(=O)c2n[nH]c3c2CNCC3)s1.Cl. The number of aromatic amines is 1. The summed E-state index contributed by atoms with van der Waals surface area (Å²) in [7, 11) is 0. The average Bonchev–Trinajstić information content (AvgIpc) is 3.04. The van der Waals surface area contributed by atoms with Crippen LogP contribution in [0.5, 0.6) is 0 Å². The van der Waals surface area contributed by atoms with E-state index in [1.54, 1.807) is 6.20 Å². The summed E-state index contributed by atoms with van der Waals surface area (Å²) in [6.45, 7) is 3.67. The van der Waals surface area contributed by atoms with Gasteiger partial charge in [-0.2, -0.15) is 5.10 Å². The first kappa shape index (κ1) is 15.0. The van der Waals surface area contributed by atoms with E-state index in [2.05, 4.69) is 32.7 Å². The van der Waals surface area contributed by atoms with Crippen molar-refractivity contribution in [2.45, 2.75) is 26.3 Å². The van der Waals surface area contributed by atoms with Crippen molar-refractivity contribution in [2.24, 2.45) is 0 Å². The Balaban J connectivity index is 0.00000147. The molecule has 1 aliphatic rings. The van der Waals surface area contributed by atoms with Crippen molar-refractivity contribution in [2.75, 3.05) is 11.9 Å². The van der Waals surface area contributed by atoms with E-state index in [1.165, 1.54) is 11.3 Å². The highest BCUT2D eigenvalue weighted by molar-refractivity contribution is 7.15. The van der Waals surface area contributed by atoms with Gasteiger partial charge in [-0.15, -0.1) is 23.7 Å². The van der Waals surface area contributed by atoms with Crippen LogP contribution in [0.2, 0.25) is 0 Å². The Kier molecular flexibility index (Phi) is 4.74. The predicted octanol–water partition coefficient (Wildman–Crippen LogP) is 1.75. The van der Waals surface area contributed by atoms with Crippen molar-refractivity contribution < 1.29 is 4.79 Å². The van der Waals surface area contributed by atoms with Crippen LogP contribution in [-0.4, -0.2) is 27.6 Å². The molecule has 3 N–H and O–H groups in total. The second-order valence-corrected chi connectivity index (χ2v) is 5.51. The fourth-order valence-electron chi connectivity index (χ4n) is 2.10. The van der Waals surface area contributed by atoms with Gasteiger partial charge in [-0.1, -0.05) is 6.92 Å². The van der Waals surface area contributed by atoms with E-state index in [4.69, 9.17) is 0 Å². The molecule has 1 aliphatic heterocycles. The molecule has 1 amide bonds. The molecule has 20 heavy (non-hydrogen) atoms. The number of aryl methyl sites for hydroxylation is 1. The number of aromatic nitrogens is 3. The largest absolute Gasteiger partial charge is 0.312 e. The third kappa shape index (κ3) is 2.84. The maximum Gasteiger partial charge on any atom is 0.278 e. The van der Waals surface area contributed by atoms with Crippen LogP contribution in [0.25, 0.3) is 0 Å². The molecule has 0 saturated heterocycles. The lowest BCUT2D eigenvalue weighted by Gasteiger charge is -2.12. The molecule has 6 nitrogen and oxygen atoms in total. The molecule has 0 radical (unpaired) electrons. The summed E-state index contributed by atoms with van der Waals surface area (Å²) in [5.74, 6) is -0.196. The Bertz CT molecular complexity index is 609. The quantitative estimate of drug-likeness (QED) is 0.806. The first-order valence-electron chi connectivity index (χ1n) is 6.30. The second-order valence-electron chi connectivity index (χ2n) is 4.40. The zero-order valence-electron chi connectivity index (χ0n) is 11.0. The van der Waals surface area contributed by atoms with Gasteiger partial charge in [-0.25, -0.2) is 4.98 Å². The molecule has 0 saturated carbocycles. The van der Waals surface area contributed by atoms with Crippen LogP contribution in [0, 0.1) is 0 Å². The Morgan fingerprint density at radius 2 is 2.40 bits per heavy atom. The number of nitrogens with zero attached hydrogens (tertiary/aromatic N) is 2. The van der Waals surface area contributed by atoms with Crippen molar-refractivity contribution in [3.63, 3.8) is 0 Å². The number of hydrogen-bond acceptors (Lipinski definition) is 5. The third-order valence-electron chi connectivity index (χ3n) is 3.14. The summed E-state index contributed by atoms with van der Waals surface area (Å²) in [6.07, 6.45) is 3.60. The Morgan fingerprint density at radius 1 is 1.55 bits per heavy atom. The van der Waals surface area contributed by atoms with E-state index < -0.39 is 0 Å². The number of fused-ring (bicyclic) bond motifs is 1. The molecule has 2 aromatic heterocycles. The van der Waals surface area contributed by atoms with Gasteiger partial charge in [0.1, 0.15) is 0 Å². The van der Waals surface area contributed by atoms with E-state index in [-0.39, 0.29) is 18.3 Å². The molecule has 0 bridgehead atoms. The van der Waals surface area contributed by atoms with Gasteiger partial charge in [0.15, 0.2) is 10.8 Å². The number of rotatable bonds is 3. The molecule has 0 spiro atoms. The van der Waals surface area contributed by atoms with Crippen LogP contribution in [0.3, 0.4) is 0 Å². The summed E-state index contributed by atoms with van der Waals surface area (Å²) in [5.41, 5.74) is 2.49. The van der Waals surface area contributed by atoms with E-state index in [9.17, 15) is 4.79 Å². The normalized spacial score (nSPS) is 13.4. The molecule has 108 valence electrons. The standard InChI is InChI=1S/C12H15N5OS.ClH/c1-2-7-5-14-12(19-7)15-11(18)10-8-6-13-4-3-9(8)16-17-10;/h5,13H,2-4,6H2,1H3,(H,16,17)(H,14,15,18);1H. The number of carbonyl (C=O) groups excluding carboxylic acids is 1. The molecule has 0 unspecified atom stereocenters. The Labute approximate surface area is 126 Å². The average molecular weight is 314 g/mol. The fourth-order valence-corrected chi connectivity index (χ4v) is 2.85. The van der Waals surface area contributed by atoms with Gasteiger partial charge >= 0.3 is 0 Å². The van der Waals surface area contributed by atoms with Crippen molar-refractivity contribution >= 4 is 34.8 Å². The van der Waals surface area contributed by atoms with E-state index >= 15 is 0 Å². The van der Waals surface area contributed by atoms with E-state index in [0.29, 0.717) is 17.4 Å². The number of anilines is 1. The highest BCUT2D eigenvalue weighted by Crippen LogP contribution is 2.21. The lowest BCUT2D eigenvalue weighted by molar-refractivity contribution is 0.102. The van der Waals surface area contributed by atoms with Gasteiger partial charge in [-0.05, 0) is 6.42 Å². The number of thiazole rings is 1. The van der Waals surface area contributed by atoms with Gasteiger partial charge in [0.2, 0.25) is 0 Å². The van der Waals surface area contributed by atoms with Crippen molar-refractivity contribution in [1.82, 2.24) is 20.5 Å². The monoisotopic (exact) mass is 313 g/mol. The Hall–Kier alpha value is -1.44. The van der Waals surface area contributed by atoms with Gasteiger partial charge in [0.25, 0.3) is 5.91 Å². The van der Waals surface area contributed by atoms with Crippen LogP contribution < -0.4 is 10.6 Å². The third-order valence-corrected chi connectivity index (χ3v) is 4.20. The number of nitrogens with one attached hydrogen (secondary N) is 3. The first-order valence-corrected chi connectivity index (χ1v) is 7.12. The van der Waals surface area contributed by atoms with Crippen molar-refractivity contribution in [3.05, 3.63) is 28.0 Å². The number of halogens is 1. The minimum atomic E-state index is -0.196. The number of carbonyl (C=O) groups is 1.